The molecule has 1 atom stereocenters. The van der Waals surface area contributed by atoms with E-state index in [1.165, 1.54) is 11.6 Å². The molecule has 0 bridgehead atoms. The first kappa shape index (κ1) is 18.7. The summed E-state index contributed by atoms with van der Waals surface area (Å²) in [6.45, 7) is 0. The number of hydrogen-bond acceptors (Lipinski definition) is 6. The number of benzene rings is 1. The number of carbonyl (C=O) groups excluding carboxylic acids is 2. The van der Waals surface area contributed by atoms with Crippen LogP contribution in [0.4, 0.5) is 18.3 Å². The fourth-order valence-corrected chi connectivity index (χ4v) is 2.61. The number of halogens is 3. The molecule has 0 fully saturated rings. The molecule has 0 aliphatic carbocycles. The molecule has 2 rings (SSSR count). The first-order valence-corrected chi connectivity index (χ1v) is 7.84. The number of anilines is 1. The molecule has 1 aromatic carbocycles. The van der Waals surface area contributed by atoms with Crippen LogP contribution in [0.25, 0.3) is 0 Å². The van der Waals surface area contributed by atoms with E-state index < -0.39 is 23.7 Å². The van der Waals surface area contributed by atoms with Gasteiger partial charge in [0.15, 0.2) is 5.13 Å². The molecule has 1 aromatic heterocycles. The Balaban J connectivity index is 2.32. The maximum atomic E-state index is 13.7. The summed E-state index contributed by atoms with van der Waals surface area (Å²) in [5, 5.41) is 4.91. The number of nitrogens with zero attached hydrogens (tertiary/aromatic N) is 1. The molecule has 25 heavy (non-hydrogen) atoms. The van der Waals surface area contributed by atoms with Crippen LogP contribution in [0, 0.1) is 0 Å². The van der Waals surface area contributed by atoms with Crippen molar-refractivity contribution in [2.24, 2.45) is 0 Å². The molecule has 1 amide bonds. The highest BCUT2D eigenvalue weighted by Crippen LogP contribution is 2.33. The Morgan fingerprint density at radius 1 is 1.24 bits per heavy atom. The zero-order valence-corrected chi connectivity index (χ0v) is 13.8. The Kier molecular flexibility index (Phi) is 5.62. The van der Waals surface area contributed by atoms with E-state index in [1.54, 1.807) is 35.6 Å². The van der Waals surface area contributed by atoms with E-state index in [-0.39, 0.29) is 11.6 Å². The first-order chi connectivity index (χ1) is 11.8. The number of thiazole rings is 1. The number of methoxy groups -OCH3 is 1. The van der Waals surface area contributed by atoms with Gasteiger partial charge in [0.1, 0.15) is 0 Å². The van der Waals surface area contributed by atoms with Crippen LogP contribution < -0.4 is 10.6 Å². The maximum absolute atomic E-state index is 13.7. The number of esters is 1. The Morgan fingerprint density at radius 2 is 1.92 bits per heavy atom. The van der Waals surface area contributed by atoms with E-state index in [0.29, 0.717) is 5.56 Å². The lowest BCUT2D eigenvalue weighted by Gasteiger charge is -2.34. The largest absolute Gasteiger partial charge is 0.466 e. The summed E-state index contributed by atoms with van der Waals surface area (Å²) < 4.78 is 45.4. The second-order valence-corrected chi connectivity index (χ2v) is 5.81. The van der Waals surface area contributed by atoms with Gasteiger partial charge in [0, 0.05) is 11.6 Å². The van der Waals surface area contributed by atoms with Crippen molar-refractivity contribution in [1.29, 1.82) is 0 Å². The number of carbonyl (C=O) groups is 2. The summed E-state index contributed by atoms with van der Waals surface area (Å²) in [5.74, 6) is -2.70. The summed E-state index contributed by atoms with van der Waals surface area (Å²) in [4.78, 5) is 27.8. The minimum Gasteiger partial charge on any atom is -0.466 e. The third kappa shape index (κ3) is 4.27. The number of aromatic nitrogens is 1. The number of ether oxygens (including phenoxy) is 1. The molecule has 0 aliphatic rings. The quantitative estimate of drug-likeness (QED) is 0.600. The molecule has 134 valence electrons. The number of rotatable bonds is 6. The average Bonchev–Trinajstić information content (AvgIpc) is 3.06. The van der Waals surface area contributed by atoms with Gasteiger partial charge in [-0.05, 0) is 5.56 Å². The van der Waals surface area contributed by atoms with Gasteiger partial charge in [-0.1, -0.05) is 30.3 Å². The van der Waals surface area contributed by atoms with Crippen molar-refractivity contribution in [2.45, 2.75) is 18.3 Å². The van der Waals surface area contributed by atoms with Gasteiger partial charge < -0.3 is 15.4 Å². The van der Waals surface area contributed by atoms with Crippen LogP contribution in [0.1, 0.15) is 5.56 Å². The van der Waals surface area contributed by atoms with Crippen molar-refractivity contribution in [3.63, 3.8) is 0 Å². The Labute approximate surface area is 145 Å². The second-order valence-electron chi connectivity index (χ2n) is 4.91. The van der Waals surface area contributed by atoms with Gasteiger partial charge >= 0.3 is 17.8 Å². The van der Waals surface area contributed by atoms with Crippen molar-refractivity contribution in [1.82, 2.24) is 10.3 Å². The van der Waals surface area contributed by atoms with Gasteiger partial charge in [-0.2, -0.15) is 13.2 Å². The molecule has 6 nitrogen and oxygen atoms in total. The predicted molar refractivity (Wildman–Crippen MR) is 84.8 cm³/mol. The number of alkyl halides is 3. The van der Waals surface area contributed by atoms with Crippen LogP contribution in [-0.4, -0.2) is 35.8 Å². The highest BCUT2D eigenvalue weighted by atomic mass is 32.1. The van der Waals surface area contributed by atoms with Crippen LogP contribution in [-0.2, 0) is 20.7 Å². The van der Waals surface area contributed by atoms with Crippen molar-refractivity contribution in [2.75, 3.05) is 12.4 Å². The van der Waals surface area contributed by atoms with E-state index in [2.05, 4.69) is 9.72 Å². The van der Waals surface area contributed by atoms with Crippen LogP contribution in [0.5, 0.6) is 0 Å². The summed E-state index contributed by atoms with van der Waals surface area (Å²) in [7, 11) is 0.801. The van der Waals surface area contributed by atoms with E-state index in [0.717, 1.165) is 18.4 Å². The molecule has 2 aromatic rings. The number of hydrogen-bond donors (Lipinski definition) is 2. The van der Waals surface area contributed by atoms with Gasteiger partial charge in [-0.25, -0.2) is 9.78 Å². The number of amides is 1. The average molecular weight is 373 g/mol. The highest BCUT2D eigenvalue weighted by molar-refractivity contribution is 7.13. The predicted octanol–water partition coefficient (Wildman–Crippen LogP) is 2.35. The summed E-state index contributed by atoms with van der Waals surface area (Å²) in [5.41, 5.74) is -2.94. The minimum atomic E-state index is -5.17. The van der Waals surface area contributed by atoms with Crippen molar-refractivity contribution >= 4 is 28.3 Å². The lowest BCUT2D eigenvalue weighted by molar-refractivity contribution is -0.206. The van der Waals surface area contributed by atoms with Crippen LogP contribution in [0.3, 0.4) is 0 Å². The van der Waals surface area contributed by atoms with E-state index in [9.17, 15) is 22.8 Å². The van der Waals surface area contributed by atoms with E-state index in [1.807, 2.05) is 5.32 Å². The maximum Gasteiger partial charge on any atom is 0.442 e. The third-order valence-corrected chi connectivity index (χ3v) is 3.87. The summed E-state index contributed by atoms with van der Waals surface area (Å²) in [6.07, 6.45) is -4.25. The highest BCUT2D eigenvalue weighted by Gasteiger charge is 2.63. The lowest BCUT2D eigenvalue weighted by atomic mass is 10.1. The zero-order chi connectivity index (χ0) is 18.5. The third-order valence-electron chi connectivity index (χ3n) is 3.18. The molecule has 0 spiro atoms. The van der Waals surface area contributed by atoms with Gasteiger partial charge in [-0.3, -0.25) is 4.79 Å². The Morgan fingerprint density at radius 3 is 2.44 bits per heavy atom. The monoisotopic (exact) mass is 373 g/mol. The first-order valence-electron chi connectivity index (χ1n) is 6.96. The van der Waals surface area contributed by atoms with Gasteiger partial charge in [0.25, 0.3) is 0 Å². The zero-order valence-electron chi connectivity index (χ0n) is 13.0. The van der Waals surface area contributed by atoms with Crippen molar-refractivity contribution in [3.05, 3.63) is 47.5 Å². The van der Waals surface area contributed by atoms with Crippen molar-refractivity contribution < 1.29 is 27.5 Å². The van der Waals surface area contributed by atoms with E-state index >= 15 is 0 Å². The van der Waals surface area contributed by atoms with Crippen LogP contribution in [0.15, 0.2) is 41.9 Å². The molecule has 10 heteroatoms. The second kappa shape index (κ2) is 7.51. The lowest BCUT2D eigenvalue weighted by Crippen LogP contribution is -2.69. The Hall–Kier alpha value is -2.62. The standard InChI is InChI=1S/C15H14F3N3O3S/c1-24-12(23)14(15(16,17)18,21-13-19-7-8-25-13)20-11(22)9-10-5-3-2-4-6-10/h2-8H,9H2,1H3,(H,19,21)(H,20,22). The summed E-state index contributed by atoms with van der Waals surface area (Å²) >= 11 is 0.844. The molecule has 0 aliphatic heterocycles. The number of nitrogens with one attached hydrogen (secondary N) is 2. The topological polar surface area (TPSA) is 80.3 Å². The van der Waals surface area contributed by atoms with Crippen molar-refractivity contribution in [3.8, 4) is 0 Å². The molecular formula is C15H14F3N3O3S. The summed E-state index contributed by atoms with van der Waals surface area (Å²) in [6, 6.07) is 8.17. The molecule has 2 N–H and O–H groups in total. The van der Waals surface area contributed by atoms with E-state index in [4.69, 9.17) is 0 Å². The smallest absolute Gasteiger partial charge is 0.442 e. The molecule has 0 saturated heterocycles. The fourth-order valence-electron chi connectivity index (χ4n) is 2.02. The van der Waals surface area contributed by atoms with Gasteiger partial charge in [0.2, 0.25) is 5.91 Å². The minimum absolute atomic E-state index is 0.192. The van der Waals surface area contributed by atoms with Gasteiger partial charge in [0.05, 0.1) is 13.5 Å². The Bertz CT molecular complexity index is 723. The molecule has 1 heterocycles. The van der Waals surface area contributed by atoms with Gasteiger partial charge in [-0.15, -0.1) is 11.3 Å². The fraction of sp³-hybridized carbons (Fsp3) is 0.267. The SMILES string of the molecule is COC(=O)C(NC(=O)Cc1ccccc1)(Nc1nccs1)C(F)(F)F. The normalized spacial score (nSPS) is 13.6. The molecule has 1 unspecified atom stereocenters. The van der Waals surface area contributed by atoms with Crippen LogP contribution >= 0.6 is 11.3 Å². The van der Waals surface area contributed by atoms with Crippen LogP contribution in [0.2, 0.25) is 0 Å². The molecular weight excluding hydrogens is 359 g/mol. The molecule has 0 saturated carbocycles. The molecule has 0 radical (unpaired) electrons.